The number of carbonyl (C=O) groups excluding carboxylic acids is 1. The number of nitrogens with zero attached hydrogens (tertiary/aromatic N) is 1. The molecule has 3 nitrogen and oxygen atoms in total. The lowest BCUT2D eigenvalue weighted by atomic mass is 9.67. The van der Waals surface area contributed by atoms with Gasteiger partial charge in [-0.1, -0.05) is 67.4 Å². The number of hydrogen-bond acceptors (Lipinski definition) is 2. The van der Waals surface area contributed by atoms with Gasteiger partial charge in [0.2, 0.25) is 5.91 Å². The summed E-state index contributed by atoms with van der Waals surface area (Å²) in [6.07, 6.45) is -5.19. The number of halogens is 5. The van der Waals surface area contributed by atoms with Crippen molar-refractivity contribution in [3.8, 4) is 0 Å². The van der Waals surface area contributed by atoms with Crippen molar-refractivity contribution in [3.63, 3.8) is 0 Å². The van der Waals surface area contributed by atoms with Gasteiger partial charge in [-0.05, 0) is 54.7 Å². The molecule has 1 saturated heterocycles. The SMILES string of the molecule is C=CC[C@@]1(C)CC(c2cccc(Cl)c2)[C@@H](c2ccc(Cl)cc2)N(C(CC)CC(O)C(F)(F)F)C1=O. The number of likely N-dealkylation sites (tertiary alicyclic amines) is 1. The van der Waals surface area contributed by atoms with E-state index >= 15 is 0 Å². The van der Waals surface area contributed by atoms with E-state index < -0.39 is 36.2 Å². The number of carbonyl (C=O) groups is 1. The Morgan fingerprint density at radius 3 is 2.37 bits per heavy atom. The Labute approximate surface area is 214 Å². The molecule has 3 rings (SSSR count). The minimum absolute atomic E-state index is 0.245. The Kier molecular flexibility index (Phi) is 8.61. The fourth-order valence-corrected chi connectivity index (χ4v) is 5.48. The third kappa shape index (κ3) is 6.04. The maximum absolute atomic E-state index is 14.0. The Hall–Kier alpha value is -2.02. The molecule has 3 unspecified atom stereocenters. The zero-order chi connectivity index (χ0) is 26.0. The molecule has 2 aromatic rings. The fraction of sp³-hybridized carbons (Fsp3) is 0.444. The number of hydrogen-bond donors (Lipinski definition) is 1. The van der Waals surface area contributed by atoms with Crippen molar-refractivity contribution in [2.75, 3.05) is 0 Å². The van der Waals surface area contributed by atoms with E-state index in [0.29, 0.717) is 22.9 Å². The molecule has 0 radical (unpaired) electrons. The summed E-state index contributed by atoms with van der Waals surface area (Å²) in [5, 5.41) is 11.0. The van der Waals surface area contributed by atoms with Crippen molar-refractivity contribution < 1.29 is 23.1 Å². The van der Waals surface area contributed by atoms with Crippen LogP contribution in [0.1, 0.15) is 62.6 Å². The van der Waals surface area contributed by atoms with Crippen LogP contribution in [0.15, 0.2) is 61.2 Å². The number of benzene rings is 2. The van der Waals surface area contributed by atoms with E-state index in [1.54, 1.807) is 48.2 Å². The smallest absolute Gasteiger partial charge is 0.384 e. The molecule has 1 aliphatic rings. The van der Waals surface area contributed by atoms with Crippen molar-refractivity contribution in [2.45, 2.75) is 69.8 Å². The van der Waals surface area contributed by atoms with Crippen LogP contribution in [-0.2, 0) is 4.79 Å². The molecule has 1 fully saturated rings. The molecule has 0 aliphatic carbocycles. The van der Waals surface area contributed by atoms with Gasteiger partial charge in [-0.2, -0.15) is 13.2 Å². The van der Waals surface area contributed by atoms with Crippen molar-refractivity contribution in [1.29, 1.82) is 0 Å². The Bertz CT molecular complexity index is 1040. The molecular formula is C27H30Cl2F3NO2. The summed E-state index contributed by atoms with van der Waals surface area (Å²) in [6, 6.07) is 12.9. The van der Waals surface area contributed by atoms with E-state index in [9.17, 15) is 23.1 Å². The van der Waals surface area contributed by atoms with Gasteiger partial charge >= 0.3 is 6.18 Å². The largest absolute Gasteiger partial charge is 0.414 e. The van der Waals surface area contributed by atoms with Gasteiger partial charge in [0, 0.05) is 28.4 Å². The average molecular weight is 528 g/mol. The highest BCUT2D eigenvalue weighted by molar-refractivity contribution is 6.30. The van der Waals surface area contributed by atoms with E-state index in [-0.39, 0.29) is 18.2 Å². The summed E-state index contributed by atoms with van der Waals surface area (Å²) < 4.78 is 40.0. The van der Waals surface area contributed by atoms with E-state index in [4.69, 9.17) is 23.2 Å². The highest BCUT2D eigenvalue weighted by Gasteiger charge is 2.52. The van der Waals surface area contributed by atoms with Crippen LogP contribution in [0.3, 0.4) is 0 Å². The normalized spacial score (nSPS) is 24.8. The summed E-state index contributed by atoms with van der Waals surface area (Å²) in [5.41, 5.74) is 0.763. The van der Waals surface area contributed by atoms with Gasteiger partial charge in [0.15, 0.2) is 6.10 Å². The van der Waals surface area contributed by atoms with E-state index in [1.165, 1.54) is 0 Å². The first-order chi connectivity index (χ1) is 16.4. The molecule has 1 aliphatic heterocycles. The number of alkyl halides is 3. The number of amides is 1. The van der Waals surface area contributed by atoms with Crippen LogP contribution in [0.25, 0.3) is 0 Å². The van der Waals surface area contributed by atoms with Gasteiger partial charge in [-0.15, -0.1) is 6.58 Å². The summed E-state index contributed by atoms with van der Waals surface area (Å²) in [5.74, 6) is -0.508. The Morgan fingerprint density at radius 2 is 1.83 bits per heavy atom. The van der Waals surface area contributed by atoms with Gasteiger partial charge in [-0.3, -0.25) is 4.79 Å². The zero-order valence-electron chi connectivity index (χ0n) is 19.7. The zero-order valence-corrected chi connectivity index (χ0v) is 21.2. The second-order valence-electron chi connectivity index (χ2n) is 9.48. The van der Waals surface area contributed by atoms with Crippen LogP contribution in [-0.4, -0.2) is 34.2 Å². The minimum Gasteiger partial charge on any atom is -0.384 e. The van der Waals surface area contributed by atoms with Crippen molar-refractivity contribution in [3.05, 3.63) is 82.4 Å². The number of aliphatic hydroxyl groups is 1. The first-order valence-corrected chi connectivity index (χ1v) is 12.4. The topological polar surface area (TPSA) is 40.5 Å². The van der Waals surface area contributed by atoms with Crippen LogP contribution in [0, 0.1) is 5.41 Å². The summed E-state index contributed by atoms with van der Waals surface area (Å²) in [4.78, 5) is 15.6. The lowest BCUT2D eigenvalue weighted by molar-refractivity contribution is -0.211. The predicted molar refractivity (Wildman–Crippen MR) is 134 cm³/mol. The summed E-state index contributed by atoms with van der Waals surface area (Å²) in [6.45, 7) is 7.36. The summed E-state index contributed by atoms with van der Waals surface area (Å²) in [7, 11) is 0. The summed E-state index contributed by atoms with van der Waals surface area (Å²) >= 11 is 12.4. The third-order valence-electron chi connectivity index (χ3n) is 6.92. The molecule has 1 heterocycles. The van der Waals surface area contributed by atoms with E-state index in [0.717, 1.165) is 11.1 Å². The number of rotatable bonds is 8. The van der Waals surface area contributed by atoms with E-state index in [1.807, 2.05) is 25.1 Å². The molecule has 5 atom stereocenters. The molecule has 35 heavy (non-hydrogen) atoms. The van der Waals surface area contributed by atoms with Crippen LogP contribution in [0.2, 0.25) is 10.0 Å². The highest BCUT2D eigenvalue weighted by Crippen LogP contribution is 2.52. The molecule has 0 spiro atoms. The fourth-order valence-electron chi connectivity index (χ4n) is 5.16. The molecule has 0 aromatic heterocycles. The van der Waals surface area contributed by atoms with Gasteiger partial charge < -0.3 is 10.0 Å². The number of piperidine rings is 1. The highest BCUT2D eigenvalue weighted by atomic mass is 35.5. The number of aliphatic hydroxyl groups excluding tert-OH is 1. The quantitative estimate of drug-likeness (QED) is 0.357. The second kappa shape index (κ2) is 10.9. The first kappa shape index (κ1) is 27.6. The van der Waals surface area contributed by atoms with Crippen LogP contribution in [0.4, 0.5) is 13.2 Å². The molecular weight excluding hydrogens is 498 g/mol. The van der Waals surface area contributed by atoms with E-state index in [2.05, 4.69) is 6.58 Å². The molecule has 1 amide bonds. The average Bonchev–Trinajstić information content (AvgIpc) is 2.79. The van der Waals surface area contributed by atoms with Crippen molar-refractivity contribution in [2.24, 2.45) is 5.41 Å². The lowest BCUT2D eigenvalue weighted by Crippen LogP contribution is -2.56. The van der Waals surface area contributed by atoms with Crippen molar-refractivity contribution in [1.82, 2.24) is 4.90 Å². The molecule has 2 aromatic carbocycles. The van der Waals surface area contributed by atoms with Gasteiger partial charge in [0.1, 0.15) is 0 Å². The Morgan fingerprint density at radius 1 is 1.17 bits per heavy atom. The second-order valence-corrected chi connectivity index (χ2v) is 10.4. The first-order valence-electron chi connectivity index (χ1n) is 11.6. The maximum atomic E-state index is 14.0. The van der Waals surface area contributed by atoms with Crippen LogP contribution < -0.4 is 0 Å². The van der Waals surface area contributed by atoms with Gasteiger partial charge in [0.05, 0.1) is 11.5 Å². The maximum Gasteiger partial charge on any atom is 0.414 e. The van der Waals surface area contributed by atoms with Crippen molar-refractivity contribution >= 4 is 29.1 Å². The van der Waals surface area contributed by atoms with Crippen LogP contribution in [0.5, 0.6) is 0 Å². The number of allylic oxidation sites excluding steroid dienone is 1. The third-order valence-corrected chi connectivity index (χ3v) is 7.41. The standard InChI is InChI=1S/C27H30Cl2F3NO2/c1-4-13-26(3)16-22(18-7-6-8-20(29)14-18)24(17-9-11-19(28)12-10-17)33(25(26)35)21(5-2)15-23(34)27(30,31)32/h4,6-12,14,21-24,34H,1,5,13,15-16H2,2-3H3/t21?,22?,23?,24-,26+/m1/s1. The molecule has 0 bridgehead atoms. The predicted octanol–water partition coefficient (Wildman–Crippen LogP) is 7.72. The minimum atomic E-state index is -4.78. The monoisotopic (exact) mass is 527 g/mol. The van der Waals surface area contributed by atoms with Crippen LogP contribution >= 0.6 is 23.2 Å². The molecule has 1 N–H and O–H groups in total. The Balaban J connectivity index is 2.21. The van der Waals surface area contributed by atoms with Gasteiger partial charge in [0.25, 0.3) is 0 Å². The molecule has 0 saturated carbocycles. The lowest BCUT2D eigenvalue weighted by Gasteiger charge is -2.52. The molecule has 190 valence electrons. The molecule has 8 heteroatoms. The van der Waals surface area contributed by atoms with Gasteiger partial charge in [-0.25, -0.2) is 0 Å².